The summed E-state index contributed by atoms with van der Waals surface area (Å²) in [6, 6.07) is 32.3. The second kappa shape index (κ2) is 8.89. The quantitative estimate of drug-likeness (QED) is 0.190. The van der Waals surface area contributed by atoms with Crippen LogP contribution in [0.25, 0.3) is 43.7 Å². The minimum Gasteiger partial charge on any atom is -0.398 e. The second-order valence-electron chi connectivity index (χ2n) is 7.66. The van der Waals surface area contributed by atoms with E-state index in [-0.39, 0.29) is 0 Å². The Balaban J connectivity index is 0.000000146. The average Bonchev–Trinajstić information content (AvgIpc) is 2.89. The lowest BCUT2D eigenvalue weighted by Crippen LogP contribution is -1.92. The van der Waals surface area contributed by atoms with Gasteiger partial charge in [-0.25, -0.2) is 0 Å². The first kappa shape index (κ1) is 20.3. The lowest BCUT2D eigenvalue weighted by molar-refractivity contribution is 0.112. The number of fused-ring (bicyclic) bond motifs is 5. The van der Waals surface area contributed by atoms with Gasteiger partial charge in [0.25, 0.3) is 0 Å². The van der Waals surface area contributed by atoms with Crippen LogP contribution in [0.15, 0.2) is 109 Å². The van der Waals surface area contributed by atoms with Crippen LogP contribution in [0.4, 0.5) is 5.69 Å². The Labute approximate surface area is 191 Å². The van der Waals surface area contributed by atoms with Crippen molar-refractivity contribution in [3.05, 3.63) is 115 Å². The summed E-state index contributed by atoms with van der Waals surface area (Å²) in [7, 11) is 0. The van der Waals surface area contributed by atoms with Crippen LogP contribution in [0, 0.1) is 0 Å². The molecule has 6 aromatic rings. The fraction of sp³-hybridized carbons (Fsp3) is 0. The third-order valence-corrected chi connectivity index (χ3v) is 5.69. The van der Waals surface area contributed by atoms with Gasteiger partial charge in [-0.1, -0.05) is 66.7 Å². The van der Waals surface area contributed by atoms with Crippen molar-refractivity contribution < 1.29 is 4.79 Å². The van der Waals surface area contributed by atoms with Gasteiger partial charge in [0.2, 0.25) is 0 Å². The summed E-state index contributed by atoms with van der Waals surface area (Å²) < 4.78 is 0. The molecule has 0 unspecified atom stereocenters. The molecule has 6 rings (SSSR count). The molecule has 158 valence electrons. The zero-order valence-corrected chi connectivity index (χ0v) is 17.8. The summed E-state index contributed by atoms with van der Waals surface area (Å²) in [5.74, 6) is 0. The molecule has 0 fully saturated rings. The summed E-state index contributed by atoms with van der Waals surface area (Å²) in [6.45, 7) is 0. The van der Waals surface area contributed by atoms with Crippen LogP contribution in [0.1, 0.15) is 10.4 Å². The fourth-order valence-corrected chi connectivity index (χ4v) is 4.11. The van der Waals surface area contributed by atoms with E-state index in [1.54, 1.807) is 24.5 Å². The van der Waals surface area contributed by atoms with Gasteiger partial charge in [0.15, 0.2) is 6.29 Å². The second-order valence-corrected chi connectivity index (χ2v) is 7.66. The highest BCUT2D eigenvalue weighted by atomic mass is 16.1. The summed E-state index contributed by atoms with van der Waals surface area (Å²) in [5, 5.41) is 7.48. The highest BCUT2D eigenvalue weighted by molar-refractivity contribution is 6.18. The maximum atomic E-state index is 10.7. The van der Waals surface area contributed by atoms with Crippen LogP contribution in [0.3, 0.4) is 0 Å². The first-order valence-corrected chi connectivity index (χ1v) is 10.7. The number of aldehydes is 1. The van der Waals surface area contributed by atoms with Gasteiger partial charge >= 0.3 is 0 Å². The number of nitrogens with two attached hydrogens (primary N) is 1. The minimum atomic E-state index is 0.561. The highest BCUT2D eigenvalue weighted by Crippen LogP contribution is 2.33. The molecule has 0 aliphatic heterocycles. The van der Waals surface area contributed by atoms with Gasteiger partial charge in [0.1, 0.15) is 0 Å². The summed E-state index contributed by atoms with van der Waals surface area (Å²) in [5.41, 5.74) is 8.81. The van der Waals surface area contributed by atoms with Gasteiger partial charge in [0.05, 0.1) is 11.4 Å². The molecular formula is C29H21N3O. The number of nitrogen functional groups attached to an aromatic ring is 1. The van der Waals surface area contributed by atoms with E-state index >= 15 is 0 Å². The van der Waals surface area contributed by atoms with Gasteiger partial charge in [-0.05, 0) is 57.3 Å². The predicted octanol–water partition coefficient (Wildman–Crippen LogP) is 6.68. The third-order valence-electron chi connectivity index (χ3n) is 5.69. The van der Waals surface area contributed by atoms with E-state index in [0.29, 0.717) is 11.3 Å². The monoisotopic (exact) mass is 427 g/mol. The van der Waals surface area contributed by atoms with Crippen molar-refractivity contribution in [1.29, 1.82) is 0 Å². The van der Waals surface area contributed by atoms with E-state index in [0.717, 1.165) is 23.1 Å². The molecule has 2 aromatic heterocycles. The van der Waals surface area contributed by atoms with E-state index in [4.69, 9.17) is 5.73 Å². The molecule has 2 N–H and O–H groups in total. The number of rotatable bonds is 2. The molecule has 0 amide bonds. The first-order chi connectivity index (χ1) is 16.3. The number of nitrogens with zero attached hydrogens (tertiary/aromatic N) is 2. The number of hydrogen-bond acceptors (Lipinski definition) is 4. The van der Waals surface area contributed by atoms with E-state index in [1.165, 1.54) is 26.9 Å². The van der Waals surface area contributed by atoms with Crippen molar-refractivity contribution >= 4 is 44.3 Å². The molecule has 0 aliphatic rings. The van der Waals surface area contributed by atoms with Crippen molar-refractivity contribution in [2.24, 2.45) is 0 Å². The number of anilines is 1. The van der Waals surface area contributed by atoms with E-state index < -0.39 is 0 Å². The van der Waals surface area contributed by atoms with Crippen molar-refractivity contribution in [1.82, 2.24) is 9.97 Å². The fourth-order valence-electron chi connectivity index (χ4n) is 4.11. The molecule has 0 bridgehead atoms. The molecule has 2 heterocycles. The van der Waals surface area contributed by atoms with Gasteiger partial charge in [-0.15, -0.1) is 0 Å². The lowest BCUT2D eigenvalue weighted by atomic mass is 9.96. The van der Waals surface area contributed by atoms with E-state index in [2.05, 4.69) is 64.6 Å². The van der Waals surface area contributed by atoms with Gasteiger partial charge in [-0.2, -0.15) is 0 Å². The molecule has 4 nitrogen and oxygen atoms in total. The van der Waals surface area contributed by atoms with Crippen LogP contribution in [0.2, 0.25) is 0 Å². The Bertz CT molecular complexity index is 1590. The Morgan fingerprint density at radius 3 is 2.12 bits per heavy atom. The number of benzene rings is 4. The summed E-state index contributed by atoms with van der Waals surface area (Å²) in [6.07, 6.45) is 4.12. The van der Waals surface area contributed by atoms with E-state index in [1.807, 2.05) is 30.3 Å². The normalized spacial score (nSPS) is 10.7. The maximum absolute atomic E-state index is 10.7. The number of aromatic nitrogens is 2. The number of carbonyl (C=O) groups excluding carboxylic acids is 1. The molecule has 0 spiro atoms. The number of pyridine rings is 2. The van der Waals surface area contributed by atoms with Crippen molar-refractivity contribution in [3.8, 4) is 11.4 Å². The van der Waals surface area contributed by atoms with Crippen molar-refractivity contribution in [2.45, 2.75) is 0 Å². The lowest BCUT2D eigenvalue weighted by Gasteiger charge is -2.08. The van der Waals surface area contributed by atoms with Crippen LogP contribution in [-0.4, -0.2) is 16.3 Å². The van der Waals surface area contributed by atoms with Crippen LogP contribution in [0.5, 0.6) is 0 Å². The number of hydrogen-bond donors (Lipinski definition) is 1. The Morgan fingerprint density at radius 2 is 1.27 bits per heavy atom. The summed E-state index contributed by atoms with van der Waals surface area (Å²) in [4.78, 5) is 19.0. The SMILES string of the molecule is Nc1cccc2c1ccc1c3ccccc3ccc21.O=Cc1cccnc1-c1ccccn1. The van der Waals surface area contributed by atoms with Gasteiger partial charge in [0, 0.05) is 29.0 Å². The average molecular weight is 428 g/mol. The zero-order valence-electron chi connectivity index (χ0n) is 17.8. The molecule has 33 heavy (non-hydrogen) atoms. The Kier molecular flexibility index (Phi) is 5.48. The Morgan fingerprint density at radius 1 is 0.576 bits per heavy atom. The first-order valence-electron chi connectivity index (χ1n) is 10.7. The van der Waals surface area contributed by atoms with Crippen molar-refractivity contribution in [2.75, 3.05) is 5.73 Å². The topological polar surface area (TPSA) is 68.9 Å². The molecule has 4 aromatic carbocycles. The highest BCUT2D eigenvalue weighted by Gasteiger charge is 2.06. The number of carbonyl (C=O) groups is 1. The predicted molar refractivity (Wildman–Crippen MR) is 136 cm³/mol. The largest absolute Gasteiger partial charge is 0.398 e. The smallest absolute Gasteiger partial charge is 0.152 e. The van der Waals surface area contributed by atoms with Crippen LogP contribution < -0.4 is 5.73 Å². The maximum Gasteiger partial charge on any atom is 0.152 e. The molecule has 0 radical (unpaired) electrons. The molecule has 0 saturated carbocycles. The van der Waals surface area contributed by atoms with E-state index in [9.17, 15) is 4.79 Å². The molecule has 4 heteroatoms. The van der Waals surface area contributed by atoms with Crippen LogP contribution >= 0.6 is 0 Å². The standard InChI is InChI=1S/C18H13N.C11H8N2O/c19-18-7-3-6-14-16-9-8-12-4-1-2-5-13(12)15(16)10-11-17(14)18;14-8-9-4-3-7-13-11(9)10-5-1-2-6-12-10/h1-11H,19H2;1-8H. The molecule has 0 aliphatic carbocycles. The third kappa shape index (κ3) is 3.90. The summed E-state index contributed by atoms with van der Waals surface area (Å²) >= 11 is 0. The molecule has 0 saturated heterocycles. The minimum absolute atomic E-state index is 0.561. The Hall–Kier alpha value is -4.57. The van der Waals surface area contributed by atoms with Gasteiger partial charge in [-0.3, -0.25) is 14.8 Å². The molecule has 0 atom stereocenters. The van der Waals surface area contributed by atoms with Crippen molar-refractivity contribution in [3.63, 3.8) is 0 Å². The zero-order chi connectivity index (χ0) is 22.6. The van der Waals surface area contributed by atoms with Gasteiger partial charge < -0.3 is 5.73 Å². The van der Waals surface area contributed by atoms with Crippen LogP contribution in [-0.2, 0) is 0 Å². The molecular weight excluding hydrogens is 406 g/mol.